The summed E-state index contributed by atoms with van der Waals surface area (Å²) < 4.78 is 7.95. The second kappa shape index (κ2) is 3.83. The Morgan fingerprint density at radius 1 is 1.22 bits per heavy atom. The molecule has 0 fully saturated rings. The first-order chi connectivity index (χ1) is 8.68. The van der Waals surface area contributed by atoms with Gasteiger partial charge in [0, 0.05) is 7.05 Å². The van der Waals surface area contributed by atoms with E-state index in [4.69, 9.17) is 0 Å². The summed E-state index contributed by atoms with van der Waals surface area (Å²) in [6.07, 6.45) is 0. The molecule has 0 bridgehead atoms. The van der Waals surface area contributed by atoms with Gasteiger partial charge >= 0.3 is 5.69 Å². The molecule has 0 aliphatic carbocycles. The van der Waals surface area contributed by atoms with Crippen LogP contribution in [0.3, 0.4) is 0 Å². The summed E-state index contributed by atoms with van der Waals surface area (Å²) in [5, 5.41) is 7.53. The zero-order chi connectivity index (χ0) is 12.7. The van der Waals surface area contributed by atoms with E-state index in [0.29, 0.717) is 17.9 Å². The minimum absolute atomic E-state index is 0.0707. The first kappa shape index (κ1) is 10.8. The van der Waals surface area contributed by atoms with Crippen LogP contribution in [0.15, 0.2) is 33.7 Å². The fraction of sp³-hybridized carbons (Fsp3) is 0.250. The van der Waals surface area contributed by atoms with E-state index in [9.17, 15) is 4.79 Å². The Morgan fingerprint density at radius 3 is 2.61 bits per heavy atom. The Balaban J connectivity index is 2.21. The van der Waals surface area contributed by atoms with Crippen LogP contribution in [-0.4, -0.2) is 19.4 Å². The van der Waals surface area contributed by atoms with Crippen molar-refractivity contribution in [3.8, 4) is 0 Å². The molecular formula is C12H12N4O2. The van der Waals surface area contributed by atoms with Crippen molar-refractivity contribution in [2.45, 2.75) is 13.5 Å². The first-order valence-corrected chi connectivity index (χ1v) is 5.61. The quantitative estimate of drug-likeness (QED) is 0.676. The molecule has 0 atom stereocenters. The standard InChI is InChI=1S/C12H12N4O2/c1-8-9(14-18-13-8)7-16-11-6-4-3-5-10(11)15(2)12(16)17/h3-6H,7H2,1-2H3. The summed E-state index contributed by atoms with van der Waals surface area (Å²) in [5.41, 5.74) is 3.09. The predicted molar refractivity (Wildman–Crippen MR) is 65.3 cm³/mol. The highest BCUT2D eigenvalue weighted by Crippen LogP contribution is 2.13. The molecule has 0 N–H and O–H groups in total. The van der Waals surface area contributed by atoms with E-state index in [1.807, 2.05) is 31.2 Å². The molecule has 0 aliphatic rings. The van der Waals surface area contributed by atoms with Crippen LogP contribution < -0.4 is 5.69 Å². The normalized spacial score (nSPS) is 11.2. The number of aromatic nitrogens is 4. The number of hydrogen-bond donors (Lipinski definition) is 0. The molecule has 0 aliphatic heterocycles. The SMILES string of the molecule is Cc1nonc1Cn1c(=O)n(C)c2ccccc21. The monoisotopic (exact) mass is 244 g/mol. The minimum atomic E-state index is -0.0707. The molecule has 6 nitrogen and oxygen atoms in total. The van der Waals surface area contributed by atoms with Crippen LogP contribution >= 0.6 is 0 Å². The largest absolute Gasteiger partial charge is 0.329 e. The summed E-state index contributed by atoms with van der Waals surface area (Å²) in [4.78, 5) is 12.2. The molecule has 6 heteroatoms. The van der Waals surface area contributed by atoms with Gasteiger partial charge in [0.15, 0.2) is 0 Å². The van der Waals surface area contributed by atoms with Gasteiger partial charge in [-0.15, -0.1) is 0 Å². The van der Waals surface area contributed by atoms with Crippen molar-refractivity contribution in [2.24, 2.45) is 7.05 Å². The van der Waals surface area contributed by atoms with E-state index in [1.54, 1.807) is 16.2 Å². The third-order valence-electron chi connectivity index (χ3n) is 3.11. The number of rotatable bonds is 2. The minimum Gasteiger partial charge on any atom is -0.295 e. The molecular weight excluding hydrogens is 232 g/mol. The molecule has 0 spiro atoms. The van der Waals surface area contributed by atoms with Crippen LogP contribution in [0.2, 0.25) is 0 Å². The van der Waals surface area contributed by atoms with Gasteiger partial charge in [0.25, 0.3) is 0 Å². The maximum absolute atomic E-state index is 12.2. The van der Waals surface area contributed by atoms with Gasteiger partial charge in [0.2, 0.25) is 0 Å². The average Bonchev–Trinajstić information content (AvgIpc) is 2.88. The van der Waals surface area contributed by atoms with Crippen molar-refractivity contribution in [1.29, 1.82) is 0 Å². The Kier molecular flexibility index (Phi) is 2.29. The fourth-order valence-corrected chi connectivity index (χ4v) is 2.06. The van der Waals surface area contributed by atoms with Gasteiger partial charge in [-0.1, -0.05) is 22.4 Å². The van der Waals surface area contributed by atoms with Gasteiger partial charge in [-0.05, 0) is 19.1 Å². The number of hydrogen-bond acceptors (Lipinski definition) is 4. The molecule has 3 rings (SSSR count). The highest BCUT2D eigenvalue weighted by Gasteiger charge is 2.13. The van der Waals surface area contributed by atoms with E-state index in [0.717, 1.165) is 11.0 Å². The first-order valence-electron chi connectivity index (χ1n) is 5.61. The van der Waals surface area contributed by atoms with E-state index in [1.165, 1.54) is 0 Å². The number of para-hydroxylation sites is 2. The van der Waals surface area contributed by atoms with Gasteiger partial charge in [-0.3, -0.25) is 9.13 Å². The Labute approximate surface area is 102 Å². The Hall–Kier alpha value is -2.37. The number of nitrogens with zero attached hydrogens (tertiary/aromatic N) is 4. The molecule has 2 aromatic heterocycles. The summed E-state index contributed by atoms with van der Waals surface area (Å²) in [6.45, 7) is 2.18. The molecule has 1 aromatic carbocycles. The van der Waals surface area contributed by atoms with E-state index in [-0.39, 0.29) is 5.69 Å². The van der Waals surface area contributed by atoms with Crippen LogP contribution in [0.25, 0.3) is 11.0 Å². The molecule has 18 heavy (non-hydrogen) atoms. The molecule has 0 saturated heterocycles. The van der Waals surface area contributed by atoms with Gasteiger partial charge < -0.3 is 0 Å². The van der Waals surface area contributed by atoms with Crippen molar-refractivity contribution in [1.82, 2.24) is 19.4 Å². The maximum atomic E-state index is 12.2. The van der Waals surface area contributed by atoms with E-state index < -0.39 is 0 Å². The smallest absolute Gasteiger partial charge is 0.295 e. The number of fused-ring (bicyclic) bond motifs is 1. The maximum Gasteiger partial charge on any atom is 0.329 e. The van der Waals surface area contributed by atoms with Crippen LogP contribution in [0.4, 0.5) is 0 Å². The van der Waals surface area contributed by atoms with Gasteiger partial charge in [0.05, 0.1) is 17.6 Å². The summed E-state index contributed by atoms with van der Waals surface area (Å²) in [5.74, 6) is 0. The van der Waals surface area contributed by atoms with Crippen molar-refractivity contribution in [3.63, 3.8) is 0 Å². The zero-order valence-corrected chi connectivity index (χ0v) is 10.1. The number of imidazole rings is 1. The molecule has 0 unspecified atom stereocenters. The number of aryl methyl sites for hydroxylation is 2. The Morgan fingerprint density at radius 2 is 1.94 bits per heavy atom. The van der Waals surface area contributed by atoms with Crippen LogP contribution in [0.5, 0.6) is 0 Å². The van der Waals surface area contributed by atoms with E-state index in [2.05, 4.69) is 14.9 Å². The molecule has 0 saturated carbocycles. The Bertz CT molecular complexity index is 766. The lowest BCUT2D eigenvalue weighted by atomic mass is 10.3. The van der Waals surface area contributed by atoms with Crippen LogP contribution in [0.1, 0.15) is 11.4 Å². The van der Waals surface area contributed by atoms with Gasteiger partial charge in [-0.2, -0.15) is 0 Å². The van der Waals surface area contributed by atoms with Crippen molar-refractivity contribution in [3.05, 3.63) is 46.1 Å². The van der Waals surface area contributed by atoms with E-state index >= 15 is 0 Å². The molecule has 92 valence electrons. The topological polar surface area (TPSA) is 65.8 Å². The lowest BCUT2D eigenvalue weighted by Gasteiger charge is -1.99. The third kappa shape index (κ3) is 1.46. The zero-order valence-electron chi connectivity index (χ0n) is 10.1. The summed E-state index contributed by atoms with van der Waals surface area (Å²) in [7, 11) is 1.76. The van der Waals surface area contributed by atoms with Gasteiger partial charge in [-0.25, -0.2) is 9.42 Å². The van der Waals surface area contributed by atoms with Crippen LogP contribution in [-0.2, 0) is 13.6 Å². The lowest BCUT2D eigenvalue weighted by molar-refractivity contribution is 0.300. The summed E-state index contributed by atoms with van der Waals surface area (Å²) >= 11 is 0. The predicted octanol–water partition coefficient (Wildman–Crippen LogP) is 1.08. The molecule has 2 heterocycles. The van der Waals surface area contributed by atoms with Gasteiger partial charge in [0.1, 0.15) is 11.4 Å². The van der Waals surface area contributed by atoms with Crippen molar-refractivity contribution < 1.29 is 4.63 Å². The highest BCUT2D eigenvalue weighted by atomic mass is 16.6. The number of benzene rings is 1. The van der Waals surface area contributed by atoms with Crippen molar-refractivity contribution >= 4 is 11.0 Å². The fourth-order valence-electron chi connectivity index (χ4n) is 2.06. The third-order valence-corrected chi connectivity index (χ3v) is 3.11. The second-order valence-corrected chi connectivity index (χ2v) is 4.21. The van der Waals surface area contributed by atoms with Crippen LogP contribution in [0, 0.1) is 6.92 Å². The molecule has 0 amide bonds. The molecule has 0 radical (unpaired) electrons. The highest BCUT2D eigenvalue weighted by molar-refractivity contribution is 5.75. The van der Waals surface area contributed by atoms with Crippen molar-refractivity contribution in [2.75, 3.05) is 0 Å². The lowest BCUT2D eigenvalue weighted by Crippen LogP contribution is -2.23. The average molecular weight is 244 g/mol. The summed E-state index contributed by atoms with van der Waals surface area (Å²) in [6, 6.07) is 7.65. The second-order valence-electron chi connectivity index (χ2n) is 4.21. The molecule has 3 aromatic rings.